The summed E-state index contributed by atoms with van der Waals surface area (Å²) in [6.07, 6.45) is 5.25. The summed E-state index contributed by atoms with van der Waals surface area (Å²) >= 11 is 0. The average Bonchev–Trinajstić information content (AvgIpc) is 1.88. The Morgan fingerprint density at radius 1 is 1.60 bits per heavy atom. The zero-order valence-corrected chi connectivity index (χ0v) is 6.09. The van der Waals surface area contributed by atoms with Crippen LogP contribution in [0.4, 0.5) is 0 Å². The van der Waals surface area contributed by atoms with Gasteiger partial charge in [0.1, 0.15) is 5.82 Å². The lowest BCUT2D eigenvalue weighted by Gasteiger charge is -1.97. The molecule has 0 aromatic carbocycles. The highest BCUT2D eigenvalue weighted by atomic mass is 15.3. The van der Waals surface area contributed by atoms with Crippen molar-refractivity contribution in [2.75, 3.05) is 0 Å². The second kappa shape index (κ2) is 4.64. The summed E-state index contributed by atoms with van der Waals surface area (Å²) in [6, 6.07) is 0. The Kier molecular flexibility index (Phi) is 4.07. The van der Waals surface area contributed by atoms with E-state index in [1.165, 1.54) is 0 Å². The van der Waals surface area contributed by atoms with Crippen molar-refractivity contribution in [3.8, 4) is 0 Å². The van der Waals surface area contributed by atoms with Crippen molar-refractivity contribution in [1.82, 2.24) is 5.43 Å². The van der Waals surface area contributed by atoms with Crippen LogP contribution in [0.2, 0.25) is 0 Å². The first-order valence-corrected chi connectivity index (χ1v) is 2.93. The first-order chi connectivity index (χ1) is 4.70. The van der Waals surface area contributed by atoms with Gasteiger partial charge in [0.05, 0.1) is 0 Å². The Labute approximate surface area is 61.1 Å². The number of hydrogen-bond donors (Lipinski definition) is 3. The average molecular weight is 139 g/mol. The maximum absolute atomic E-state index is 5.35. The molecule has 0 amide bonds. The van der Waals surface area contributed by atoms with Crippen LogP contribution in [0.5, 0.6) is 0 Å². The van der Waals surface area contributed by atoms with Crippen LogP contribution >= 0.6 is 0 Å². The normalized spacial score (nSPS) is 13.0. The van der Waals surface area contributed by atoms with Gasteiger partial charge in [-0.2, -0.15) is 0 Å². The van der Waals surface area contributed by atoms with Crippen molar-refractivity contribution in [3.05, 3.63) is 36.2 Å². The summed E-state index contributed by atoms with van der Waals surface area (Å²) in [4.78, 5) is 0. The second-order valence-electron chi connectivity index (χ2n) is 1.89. The van der Waals surface area contributed by atoms with Gasteiger partial charge < -0.3 is 11.2 Å². The number of nitrogens with one attached hydrogen (secondary N) is 1. The van der Waals surface area contributed by atoms with E-state index in [9.17, 15) is 0 Å². The molecular formula is C7H13N3. The monoisotopic (exact) mass is 139 g/mol. The van der Waals surface area contributed by atoms with Gasteiger partial charge in [-0.05, 0) is 18.6 Å². The van der Waals surface area contributed by atoms with Crippen LogP contribution in [0.25, 0.3) is 0 Å². The molecule has 0 saturated heterocycles. The van der Waals surface area contributed by atoms with Crippen molar-refractivity contribution in [1.29, 1.82) is 0 Å². The molecule has 0 aliphatic rings. The minimum atomic E-state index is 0.440. The fourth-order valence-corrected chi connectivity index (χ4v) is 0.521. The maximum Gasteiger partial charge on any atom is 0.110 e. The SMILES string of the molecule is C=C/C=C(C)\C=C(/N)NN. The van der Waals surface area contributed by atoms with E-state index in [-0.39, 0.29) is 0 Å². The summed E-state index contributed by atoms with van der Waals surface area (Å²) in [5.41, 5.74) is 8.68. The molecule has 0 aliphatic heterocycles. The van der Waals surface area contributed by atoms with E-state index in [4.69, 9.17) is 11.6 Å². The number of hydrazine groups is 1. The van der Waals surface area contributed by atoms with Crippen LogP contribution in [0, 0.1) is 0 Å². The van der Waals surface area contributed by atoms with Crippen LogP contribution in [0.1, 0.15) is 6.92 Å². The Bertz CT molecular complexity index is 168. The van der Waals surface area contributed by atoms with Gasteiger partial charge >= 0.3 is 0 Å². The Hall–Kier alpha value is -1.22. The molecule has 0 rings (SSSR count). The lowest BCUT2D eigenvalue weighted by molar-refractivity contribution is 0.867. The molecule has 0 fully saturated rings. The topological polar surface area (TPSA) is 64.1 Å². The smallest absolute Gasteiger partial charge is 0.110 e. The number of nitrogens with two attached hydrogens (primary N) is 2. The van der Waals surface area contributed by atoms with E-state index in [1.807, 2.05) is 13.0 Å². The number of hydrogen-bond acceptors (Lipinski definition) is 3. The third-order valence-electron chi connectivity index (χ3n) is 0.931. The fourth-order valence-electron chi connectivity index (χ4n) is 0.521. The summed E-state index contributed by atoms with van der Waals surface area (Å²) < 4.78 is 0. The van der Waals surface area contributed by atoms with Crippen molar-refractivity contribution in [3.63, 3.8) is 0 Å². The molecule has 56 valence electrons. The van der Waals surface area contributed by atoms with Crippen molar-refractivity contribution >= 4 is 0 Å². The Morgan fingerprint density at radius 2 is 2.20 bits per heavy atom. The summed E-state index contributed by atoms with van der Waals surface area (Å²) in [5.74, 6) is 5.46. The quantitative estimate of drug-likeness (QED) is 0.301. The molecule has 0 bridgehead atoms. The summed E-state index contributed by atoms with van der Waals surface area (Å²) in [6.45, 7) is 5.44. The van der Waals surface area contributed by atoms with Crippen molar-refractivity contribution in [2.24, 2.45) is 11.6 Å². The molecule has 10 heavy (non-hydrogen) atoms. The zero-order valence-electron chi connectivity index (χ0n) is 6.09. The van der Waals surface area contributed by atoms with E-state index in [0.717, 1.165) is 5.57 Å². The molecule has 0 aliphatic carbocycles. The van der Waals surface area contributed by atoms with Gasteiger partial charge in [0.25, 0.3) is 0 Å². The molecule has 0 aromatic heterocycles. The largest absolute Gasteiger partial charge is 0.384 e. The van der Waals surface area contributed by atoms with Crippen molar-refractivity contribution < 1.29 is 0 Å². The molecule has 0 saturated carbocycles. The van der Waals surface area contributed by atoms with Crippen LogP contribution in [-0.4, -0.2) is 0 Å². The highest BCUT2D eigenvalue weighted by molar-refractivity contribution is 5.22. The first kappa shape index (κ1) is 8.78. The van der Waals surface area contributed by atoms with E-state index < -0.39 is 0 Å². The summed E-state index contributed by atoms with van der Waals surface area (Å²) in [5, 5.41) is 0. The number of rotatable bonds is 3. The number of allylic oxidation sites excluding steroid dienone is 4. The Morgan fingerprint density at radius 3 is 2.60 bits per heavy atom. The van der Waals surface area contributed by atoms with Crippen LogP contribution in [0.15, 0.2) is 36.2 Å². The molecular weight excluding hydrogens is 126 g/mol. The molecule has 0 atom stereocenters. The van der Waals surface area contributed by atoms with Gasteiger partial charge in [-0.1, -0.05) is 18.7 Å². The van der Waals surface area contributed by atoms with Gasteiger partial charge in [-0.3, -0.25) is 0 Å². The standard InChI is InChI=1S/C7H13N3/c1-3-4-6(2)5-7(8)10-9/h3-5,10H,1,8-9H2,2H3/b6-4-,7-5+. The molecule has 0 unspecified atom stereocenters. The molecule has 3 nitrogen and oxygen atoms in total. The third-order valence-corrected chi connectivity index (χ3v) is 0.931. The first-order valence-electron chi connectivity index (χ1n) is 2.93. The van der Waals surface area contributed by atoms with E-state index in [0.29, 0.717) is 5.82 Å². The van der Waals surface area contributed by atoms with Gasteiger partial charge in [0, 0.05) is 0 Å². The Balaban J connectivity index is 4.11. The predicted octanol–water partition coefficient (Wildman–Crippen LogP) is 0.382. The van der Waals surface area contributed by atoms with Crippen LogP contribution in [0.3, 0.4) is 0 Å². The van der Waals surface area contributed by atoms with Crippen LogP contribution in [-0.2, 0) is 0 Å². The van der Waals surface area contributed by atoms with Gasteiger partial charge in [0.15, 0.2) is 0 Å². The third kappa shape index (κ3) is 3.74. The second-order valence-corrected chi connectivity index (χ2v) is 1.89. The minimum absolute atomic E-state index is 0.440. The highest BCUT2D eigenvalue weighted by Gasteiger charge is 1.83. The molecule has 0 aromatic rings. The molecule has 5 N–H and O–H groups in total. The molecule has 3 heteroatoms. The highest BCUT2D eigenvalue weighted by Crippen LogP contribution is 1.94. The lowest BCUT2D eigenvalue weighted by Crippen LogP contribution is -2.26. The lowest BCUT2D eigenvalue weighted by atomic mass is 10.2. The maximum atomic E-state index is 5.35. The van der Waals surface area contributed by atoms with Gasteiger partial charge in [0.2, 0.25) is 0 Å². The van der Waals surface area contributed by atoms with Crippen LogP contribution < -0.4 is 17.0 Å². The van der Waals surface area contributed by atoms with E-state index in [2.05, 4.69) is 12.0 Å². The van der Waals surface area contributed by atoms with E-state index in [1.54, 1.807) is 12.2 Å². The molecule has 0 spiro atoms. The van der Waals surface area contributed by atoms with E-state index >= 15 is 0 Å². The van der Waals surface area contributed by atoms with Crippen molar-refractivity contribution in [2.45, 2.75) is 6.92 Å². The van der Waals surface area contributed by atoms with Gasteiger partial charge in [-0.25, -0.2) is 5.84 Å². The zero-order chi connectivity index (χ0) is 7.98. The predicted molar refractivity (Wildman–Crippen MR) is 43.5 cm³/mol. The molecule has 0 radical (unpaired) electrons. The molecule has 0 heterocycles. The minimum Gasteiger partial charge on any atom is -0.384 e. The fraction of sp³-hybridized carbons (Fsp3) is 0.143. The summed E-state index contributed by atoms with van der Waals surface area (Å²) in [7, 11) is 0. The van der Waals surface area contributed by atoms with Gasteiger partial charge in [-0.15, -0.1) is 0 Å².